The van der Waals surface area contributed by atoms with Gasteiger partial charge in [0, 0.05) is 42.0 Å². The number of ether oxygens (including phenoxy) is 1. The lowest BCUT2D eigenvalue weighted by Gasteiger charge is -2.30. The largest absolute Gasteiger partial charge is 0.380 e. The highest BCUT2D eigenvalue weighted by Crippen LogP contribution is 2.42. The zero-order valence-electron chi connectivity index (χ0n) is 12.1. The van der Waals surface area contributed by atoms with E-state index in [0.29, 0.717) is 11.3 Å². The van der Waals surface area contributed by atoms with E-state index in [0.717, 1.165) is 45.1 Å². The average molecular weight is 281 g/mol. The van der Waals surface area contributed by atoms with E-state index in [1.165, 1.54) is 5.01 Å². The number of thiazole rings is 1. The quantitative estimate of drug-likeness (QED) is 0.835. The van der Waals surface area contributed by atoms with Crippen LogP contribution in [-0.2, 0) is 11.3 Å². The molecule has 0 radical (unpaired) electrons. The first-order valence-corrected chi connectivity index (χ1v) is 7.81. The maximum Gasteiger partial charge on any atom is 0.107 e. The topological polar surface area (TPSA) is 28.6 Å². The third kappa shape index (κ3) is 2.70. The van der Waals surface area contributed by atoms with Crippen LogP contribution in [0.15, 0.2) is 5.38 Å². The Bertz CT molecular complexity index is 448. The minimum absolute atomic E-state index is 0.343. The summed E-state index contributed by atoms with van der Waals surface area (Å²) in [7, 11) is 4.33. The minimum Gasteiger partial charge on any atom is -0.380 e. The van der Waals surface area contributed by atoms with Crippen molar-refractivity contribution in [3.8, 4) is 0 Å². The fraction of sp³-hybridized carbons (Fsp3) is 0.786. The van der Waals surface area contributed by atoms with Crippen molar-refractivity contribution >= 4 is 11.3 Å². The van der Waals surface area contributed by atoms with Gasteiger partial charge in [-0.15, -0.1) is 11.3 Å². The lowest BCUT2D eigenvalue weighted by atomic mass is 9.81. The second-order valence-corrected chi connectivity index (χ2v) is 7.31. The molecular formula is C14H23N3OS. The van der Waals surface area contributed by atoms with Crippen molar-refractivity contribution in [2.45, 2.75) is 13.5 Å². The molecule has 0 unspecified atom stereocenters. The molecular weight excluding hydrogens is 258 g/mol. The van der Waals surface area contributed by atoms with E-state index in [-0.39, 0.29) is 0 Å². The molecule has 3 heterocycles. The van der Waals surface area contributed by atoms with Crippen LogP contribution in [-0.4, -0.2) is 61.7 Å². The molecule has 1 aromatic rings. The number of nitrogens with zero attached hydrogens (tertiary/aromatic N) is 3. The van der Waals surface area contributed by atoms with Gasteiger partial charge >= 0.3 is 0 Å². The number of hydrogen-bond acceptors (Lipinski definition) is 5. The standard InChI is InChI=1S/C14H23N3OS/c1-11-7-19-13(15-11)5-17-4-12-6-18-10-14(12,9-17)8-16(2)3/h7,12H,4-6,8-10H2,1-3H3/t12-,14+/m0/s1. The zero-order valence-corrected chi connectivity index (χ0v) is 12.9. The number of aryl methyl sites for hydroxylation is 1. The van der Waals surface area contributed by atoms with Crippen molar-refractivity contribution in [1.29, 1.82) is 0 Å². The Balaban J connectivity index is 1.68. The van der Waals surface area contributed by atoms with Gasteiger partial charge in [-0.25, -0.2) is 4.98 Å². The van der Waals surface area contributed by atoms with Crippen molar-refractivity contribution < 1.29 is 4.74 Å². The molecule has 0 aromatic carbocycles. The lowest BCUT2D eigenvalue weighted by Crippen LogP contribution is -2.40. The van der Waals surface area contributed by atoms with E-state index in [9.17, 15) is 0 Å². The smallest absolute Gasteiger partial charge is 0.107 e. The Hall–Kier alpha value is -0.490. The SMILES string of the molecule is Cc1csc(CN2C[C@H]3COC[C@@]3(CN(C)C)C2)n1. The van der Waals surface area contributed by atoms with Crippen LogP contribution in [0.25, 0.3) is 0 Å². The van der Waals surface area contributed by atoms with Gasteiger partial charge in [-0.3, -0.25) is 4.90 Å². The van der Waals surface area contributed by atoms with Crippen molar-refractivity contribution in [3.63, 3.8) is 0 Å². The van der Waals surface area contributed by atoms with Gasteiger partial charge < -0.3 is 9.64 Å². The second-order valence-electron chi connectivity index (χ2n) is 6.36. The van der Waals surface area contributed by atoms with E-state index >= 15 is 0 Å². The van der Waals surface area contributed by atoms with Gasteiger partial charge in [0.1, 0.15) is 5.01 Å². The molecule has 4 nitrogen and oxygen atoms in total. The van der Waals surface area contributed by atoms with Gasteiger partial charge in [0.15, 0.2) is 0 Å². The summed E-state index contributed by atoms with van der Waals surface area (Å²) < 4.78 is 5.75. The van der Waals surface area contributed by atoms with Crippen LogP contribution in [0.4, 0.5) is 0 Å². The molecule has 2 fully saturated rings. The summed E-state index contributed by atoms with van der Waals surface area (Å²) in [4.78, 5) is 9.46. The van der Waals surface area contributed by atoms with E-state index in [2.05, 4.69) is 41.2 Å². The van der Waals surface area contributed by atoms with Crippen LogP contribution < -0.4 is 0 Å². The molecule has 0 spiro atoms. The first kappa shape index (κ1) is 13.5. The molecule has 2 saturated heterocycles. The van der Waals surface area contributed by atoms with Crippen molar-refractivity contribution in [2.24, 2.45) is 11.3 Å². The van der Waals surface area contributed by atoms with Crippen LogP contribution in [0.2, 0.25) is 0 Å². The van der Waals surface area contributed by atoms with Crippen LogP contribution in [0.3, 0.4) is 0 Å². The van der Waals surface area contributed by atoms with E-state index in [1.807, 2.05) is 0 Å². The number of hydrogen-bond donors (Lipinski definition) is 0. The van der Waals surface area contributed by atoms with Crippen LogP contribution in [0.1, 0.15) is 10.7 Å². The molecule has 19 heavy (non-hydrogen) atoms. The predicted octanol–water partition coefficient (Wildman–Crippen LogP) is 1.46. The molecule has 5 heteroatoms. The molecule has 0 bridgehead atoms. The highest BCUT2D eigenvalue weighted by molar-refractivity contribution is 7.09. The molecule has 0 N–H and O–H groups in total. The van der Waals surface area contributed by atoms with E-state index < -0.39 is 0 Å². The maximum atomic E-state index is 5.75. The molecule has 1 aromatic heterocycles. The third-order valence-electron chi connectivity index (χ3n) is 4.25. The number of fused-ring (bicyclic) bond motifs is 1. The summed E-state index contributed by atoms with van der Waals surface area (Å²) >= 11 is 1.78. The summed E-state index contributed by atoms with van der Waals surface area (Å²) in [5.41, 5.74) is 1.49. The predicted molar refractivity (Wildman–Crippen MR) is 77.4 cm³/mol. The molecule has 3 rings (SSSR count). The summed E-state index contributed by atoms with van der Waals surface area (Å²) in [6.07, 6.45) is 0. The molecule has 2 atom stereocenters. The zero-order chi connectivity index (χ0) is 13.5. The molecule has 2 aliphatic rings. The van der Waals surface area contributed by atoms with Crippen molar-refractivity contribution in [2.75, 3.05) is 46.9 Å². The fourth-order valence-electron chi connectivity index (χ4n) is 3.58. The van der Waals surface area contributed by atoms with Crippen LogP contribution in [0, 0.1) is 18.3 Å². The Kier molecular flexibility index (Phi) is 3.64. The van der Waals surface area contributed by atoms with Gasteiger partial charge in [0.2, 0.25) is 0 Å². The molecule has 0 amide bonds. The summed E-state index contributed by atoms with van der Waals surface area (Å²) in [6, 6.07) is 0. The number of aromatic nitrogens is 1. The molecule has 0 saturated carbocycles. The second kappa shape index (κ2) is 5.13. The normalized spacial score (nSPS) is 31.3. The number of likely N-dealkylation sites (tertiary alicyclic amines) is 1. The summed E-state index contributed by atoms with van der Waals surface area (Å²) in [5.74, 6) is 0.691. The van der Waals surface area contributed by atoms with Gasteiger partial charge in [-0.2, -0.15) is 0 Å². The summed E-state index contributed by atoms with van der Waals surface area (Å²) in [6.45, 7) is 8.36. The Morgan fingerprint density at radius 2 is 2.42 bits per heavy atom. The monoisotopic (exact) mass is 281 g/mol. The minimum atomic E-state index is 0.343. The van der Waals surface area contributed by atoms with Crippen molar-refractivity contribution in [1.82, 2.24) is 14.8 Å². The summed E-state index contributed by atoms with van der Waals surface area (Å²) in [5, 5.41) is 3.39. The molecule has 0 aliphatic carbocycles. The highest BCUT2D eigenvalue weighted by Gasteiger charge is 2.50. The lowest BCUT2D eigenvalue weighted by molar-refractivity contribution is 0.109. The van der Waals surface area contributed by atoms with E-state index in [4.69, 9.17) is 4.74 Å². The van der Waals surface area contributed by atoms with Crippen LogP contribution >= 0.6 is 11.3 Å². The first-order valence-electron chi connectivity index (χ1n) is 6.93. The van der Waals surface area contributed by atoms with Gasteiger partial charge in [0.05, 0.1) is 19.8 Å². The number of rotatable bonds is 4. The van der Waals surface area contributed by atoms with Gasteiger partial charge in [0.25, 0.3) is 0 Å². The molecule has 106 valence electrons. The maximum absolute atomic E-state index is 5.75. The molecule has 2 aliphatic heterocycles. The Morgan fingerprint density at radius 1 is 1.58 bits per heavy atom. The average Bonchev–Trinajstić information content (AvgIpc) is 2.92. The Morgan fingerprint density at radius 3 is 3.11 bits per heavy atom. The van der Waals surface area contributed by atoms with Gasteiger partial charge in [-0.05, 0) is 21.0 Å². The first-order chi connectivity index (χ1) is 9.07. The highest BCUT2D eigenvalue weighted by atomic mass is 32.1. The van der Waals surface area contributed by atoms with Gasteiger partial charge in [-0.1, -0.05) is 0 Å². The Labute approximate surface area is 119 Å². The van der Waals surface area contributed by atoms with Crippen LogP contribution in [0.5, 0.6) is 0 Å². The van der Waals surface area contributed by atoms with E-state index in [1.54, 1.807) is 11.3 Å². The van der Waals surface area contributed by atoms with Crippen molar-refractivity contribution in [3.05, 3.63) is 16.1 Å². The fourth-order valence-corrected chi connectivity index (χ4v) is 4.40. The third-order valence-corrected chi connectivity index (χ3v) is 5.20.